The van der Waals surface area contributed by atoms with E-state index in [1.165, 1.54) is 0 Å². The lowest BCUT2D eigenvalue weighted by Gasteiger charge is -2.37. The van der Waals surface area contributed by atoms with E-state index < -0.39 is 0 Å². The topological polar surface area (TPSA) is 71.1 Å². The minimum Gasteiger partial charge on any atom is -0.494 e. The van der Waals surface area contributed by atoms with Crippen molar-refractivity contribution in [3.8, 4) is 11.5 Å². The molecule has 2 aliphatic rings. The Balaban J connectivity index is 1.25. The quantitative estimate of drug-likeness (QED) is 0.746. The molecule has 2 aromatic carbocycles. The van der Waals surface area contributed by atoms with Gasteiger partial charge in [-0.3, -0.25) is 9.69 Å². The third-order valence-corrected chi connectivity index (χ3v) is 5.96. The maximum atomic E-state index is 13.1. The molecule has 7 heteroatoms. The fourth-order valence-electron chi connectivity index (χ4n) is 4.13. The molecule has 0 unspecified atom stereocenters. The van der Waals surface area contributed by atoms with Gasteiger partial charge in [0.15, 0.2) is 0 Å². The Morgan fingerprint density at radius 3 is 2.56 bits per heavy atom. The van der Waals surface area contributed by atoms with E-state index in [0.29, 0.717) is 52.2 Å². The van der Waals surface area contributed by atoms with E-state index in [4.69, 9.17) is 9.47 Å². The standard InChI is InChI=1S/C25H31N3O4/c1-2-16-31-21-9-7-19(8-10-21)18-26-24(29)20-11-13-27(14-12-20)25(30)28-15-17-32-23-6-4-3-5-22(23)28/h3-10,20H,2,11-18H2,1H3,(H,26,29). The highest BCUT2D eigenvalue weighted by Crippen LogP contribution is 2.32. The Morgan fingerprint density at radius 1 is 1.06 bits per heavy atom. The summed E-state index contributed by atoms with van der Waals surface area (Å²) in [5.74, 6) is 1.58. The molecule has 7 nitrogen and oxygen atoms in total. The van der Waals surface area contributed by atoms with E-state index >= 15 is 0 Å². The van der Waals surface area contributed by atoms with E-state index in [0.717, 1.165) is 29.2 Å². The van der Waals surface area contributed by atoms with Crippen LogP contribution in [0.5, 0.6) is 11.5 Å². The van der Waals surface area contributed by atoms with Gasteiger partial charge in [0.1, 0.15) is 18.1 Å². The van der Waals surface area contributed by atoms with Crippen molar-refractivity contribution in [2.75, 3.05) is 37.7 Å². The molecule has 1 fully saturated rings. The zero-order valence-corrected chi connectivity index (χ0v) is 18.6. The molecule has 170 valence electrons. The number of para-hydroxylation sites is 2. The van der Waals surface area contributed by atoms with Gasteiger partial charge in [-0.05, 0) is 49.1 Å². The summed E-state index contributed by atoms with van der Waals surface area (Å²) >= 11 is 0. The number of urea groups is 1. The SMILES string of the molecule is CCCOc1ccc(CNC(=O)C2CCN(C(=O)N3CCOc4ccccc43)CC2)cc1. The van der Waals surface area contributed by atoms with Gasteiger partial charge in [0.05, 0.1) is 18.8 Å². The molecule has 0 atom stereocenters. The normalized spacial score (nSPS) is 16.2. The third kappa shape index (κ3) is 5.15. The first kappa shape index (κ1) is 22.0. The van der Waals surface area contributed by atoms with Gasteiger partial charge in [0.2, 0.25) is 5.91 Å². The predicted molar refractivity (Wildman–Crippen MR) is 123 cm³/mol. The Kier molecular flexibility index (Phi) is 7.14. The van der Waals surface area contributed by atoms with Crippen LogP contribution in [0, 0.1) is 5.92 Å². The Hall–Kier alpha value is -3.22. The van der Waals surface area contributed by atoms with Crippen molar-refractivity contribution in [2.24, 2.45) is 5.92 Å². The summed E-state index contributed by atoms with van der Waals surface area (Å²) in [7, 11) is 0. The van der Waals surface area contributed by atoms with Crippen LogP contribution < -0.4 is 19.7 Å². The number of ether oxygens (including phenoxy) is 2. The minimum absolute atomic E-state index is 0.00927. The largest absolute Gasteiger partial charge is 0.494 e. The Morgan fingerprint density at radius 2 is 1.81 bits per heavy atom. The monoisotopic (exact) mass is 437 g/mol. The first-order valence-corrected chi connectivity index (χ1v) is 11.4. The van der Waals surface area contributed by atoms with Crippen molar-refractivity contribution < 1.29 is 19.1 Å². The molecule has 0 radical (unpaired) electrons. The number of hydrogen-bond donors (Lipinski definition) is 1. The second-order valence-corrected chi connectivity index (χ2v) is 8.22. The molecule has 0 bridgehead atoms. The number of likely N-dealkylation sites (tertiary alicyclic amines) is 1. The summed E-state index contributed by atoms with van der Waals surface area (Å²) in [6, 6.07) is 15.4. The van der Waals surface area contributed by atoms with Crippen LogP contribution in [0.1, 0.15) is 31.7 Å². The number of anilines is 1. The zero-order valence-electron chi connectivity index (χ0n) is 18.6. The van der Waals surface area contributed by atoms with Crippen molar-refractivity contribution >= 4 is 17.6 Å². The van der Waals surface area contributed by atoms with Crippen LogP contribution in [-0.4, -0.2) is 49.7 Å². The van der Waals surface area contributed by atoms with Crippen LogP contribution in [0.2, 0.25) is 0 Å². The molecule has 2 aromatic rings. The van der Waals surface area contributed by atoms with E-state index in [-0.39, 0.29) is 17.9 Å². The molecule has 0 saturated carbocycles. The predicted octanol–water partition coefficient (Wildman–Crippen LogP) is 3.82. The number of nitrogens with zero attached hydrogens (tertiary/aromatic N) is 2. The number of benzene rings is 2. The van der Waals surface area contributed by atoms with Gasteiger partial charge in [-0.1, -0.05) is 31.2 Å². The number of piperidine rings is 1. The molecule has 32 heavy (non-hydrogen) atoms. The van der Waals surface area contributed by atoms with Crippen LogP contribution in [0.3, 0.4) is 0 Å². The molecule has 1 saturated heterocycles. The van der Waals surface area contributed by atoms with Crippen LogP contribution in [-0.2, 0) is 11.3 Å². The van der Waals surface area contributed by atoms with E-state index in [1.807, 2.05) is 53.4 Å². The van der Waals surface area contributed by atoms with Gasteiger partial charge in [-0.15, -0.1) is 0 Å². The molecule has 2 heterocycles. The smallest absolute Gasteiger partial charge is 0.324 e. The molecule has 0 aliphatic carbocycles. The molecule has 0 spiro atoms. The molecule has 3 amide bonds. The number of nitrogens with one attached hydrogen (secondary N) is 1. The minimum atomic E-state index is -0.0665. The van der Waals surface area contributed by atoms with E-state index in [9.17, 15) is 9.59 Å². The highest BCUT2D eigenvalue weighted by Gasteiger charge is 2.32. The van der Waals surface area contributed by atoms with Crippen LogP contribution in [0.15, 0.2) is 48.5 Å². The van der Waals surface area contributed by atoms with E-state index in [1.54, 1.807) is 4.90 Å². The number of carbonyl (C=O) groups excluding carboxylic acids is 2. The number of fused-ring (bicyclic) bond motifs is 1. The molecular formula is C25H31N3O4. The zero-order chi connectivity index (χ0) is 22.3. The Labute approximate surface area is 189 Å². The molecule has 0 aromatic heterocycles. The number of hydrogen-bond acceptors (Lipinski definition) is 4. The van der Waals surface area contributed by atoms with Crippen molar-refractivity contribution in [1.29, 1.82) is 0 Å². The highest BCUT2D eigenvalue weighted by molar-refractivity contribution is 5.94. The summed E-state index contributed by atoms with van der Waals surface area (Å²) in [6.45, 7) is 5.48. The van der Waals surface area contributed by atoms with Crippen molar-refractivity contribution in [2.45, 2.75) is 32.7 Å². The lowest BCUT2D eigenvalue weighted by atomic mass is 9.96. The molecule has 2 aliphatic heterocycles. The first-order chi connectivity index (χ1) is 15.7. The third-order valence-electron chi connectivity index (χ3n) is 5.96. The molecule has 4 rings (SSSR count). The lowest BCUT2D eigenvalue weighted by molar-refractivity contribution is -0.126. The van der Waals surface area contributed by atoms with Crippen molar-refractivity contribution in [3.05, 3.63) is 54.1 Å². The second-order valence-electron chi connectivity index (χ2n) is 8.22. The number of amides is 3. The van der Waals surface area contributed by atoms with Gasteiger partial charge < -0.3 is 19.7 Å². The van der Waals surface area contributed by atoms with Crippen LogP contribution in [0.25, 0.3) is 0 Å². The van der Waals surface area contributed by atoms with Crippen LogP contribution >= 0.6 is 0 Å². The first-order valence-electron chi connectivity index (χ1n) is 11.4. The second kappa shape index (κ2) is 10.4. The summed E-state index contributed by atoms with van der Waals surface area (Å²) in [4.78, 5) is 29.4. The van der Waals surface area contributed by atoms with Crippen LogP contribution in [0.4, 0.5) is 10.5 Å². The summed E-state index contributed by atoms with van der Waals surface area (Å²) in [6.07, 6.45) is 2.32. The summed E-state index contributed by atoms with van der Waals surface area (Å²) < 4.78 is 11.2. The van der Waals surface area contributed by atoms with Crippen molar-refractivity contribution in [3.63, 3.8) is 0 Å². The van der Waals surface area contributed by atoms with Gasteiger partial charge in [0, 0.05) is 25.6 Å². The number of carbonyl (C=O) groups is 2. The number of rotatable bonds is 6. The molecular weight excluding hydrogens is 406 g/mol. The maximum absolute atomic E-state index is 13.1. The van der Waals surface area contributed by atoms with Gasteiger partial charge in [0.25, 0.3) is 0 Å². The van der Waals surface area contributed by atoms with E-state index in [2.05, 4.69) is 12.2 Å². The van der Waals surface area contributed by atoms with Gasteiger partial charge in [-0.2, -0.15) is 0 Å². The highest BCUT2D eigenvalue weighted by atomic mass is 16.5. The van der Waals surface area contributed by atoms with Gasteiger partial charge >= 0.3 is 6.03 Å². The fraction of sp³-hybridized carbons (Fsp3) is 0.440. The maximum Gasteiger partial charge on any atom is 0.324 e. The van der Waals surface area contributed by atoms with Crippen molar-refractivity contribution in [1.82, 2.24) is 10.2 Å². The summed E-state index contributed by atoms with van der Waals surface area (Å²) in [5, 5.41) is 3.04. The average molecular weight is 438 g/mol. The average Bonchev–Trinajstić information content (AvgIpc) is 2.86. The molecule has 1 N–H and O–H groups in total. The lowest BCUT2D eigenvalue weighted by Crippen LogP contribution is -2.50. The van der Waals surface area contributed by atoms with Gasteiger partial charge in [-0.25, -0.2) is 4.79 Å². The summed E-state index contributed by atoms with van der Waals surface area (Å²) in [5.41, 5.74) is 1.86. The Bertz CT molecular complexity index is 923. The fourth-order valence-corrected chi connectivity index (χ4v) is 4.13.